The van der Waals surface area contributed by atoms with Crippen molar-refractivity contribution in [2.75, 3.05) is 0 Å². The lowest BCUT2D eigenvalue weighted by Crippen LogP contribution is -2.52. The Morgan fingerprint density at radius 3 is 2.72 bits per heavy atom. The van der Waals surface area contributed by atoms with Crippen LogP contribution in [-0.4, -0.2) is 33.6 Å². The number of aromatic nitrogens is 1. The van der Waals surface area contributed by atoms with Gasteiger partial charge in [0, 0.05) is 24.1 Å². The molecule has 7 heteroatoms. The smallest absolute Gasteiger partial charge is 0.255 e. The summed E-state index contributed by atoms with van der Waals surface area (Å²) in [7, 11) is 0. The van der Waals surface area contributed by atoms with Gasteiger partial charge >= 0.3 is 0 Å². The summed E-state index contributed by atoms with van der Waals surface area (Å²) in [4.78, 5) is 41.5. The zero-order chi connectivity index (χ0) is 17.6. The predicted octanol–water partition coefficient (Wildman–Crippen LogP) is 1.65. The van der Waals surface area contributed by atoms with Crippen LogP contribution in [0.3, 0.4) is 0 Å². The van der Waals surface area contributed by atoms with Gasteiger partial charge in [-0.2, -0.15) is 0 Å². The molecule has 6 nitrogen and oxygen atoms in total. The summed E-state index contributed by atoms with van der Waals surface area (Å²) in [6.45, 7) is 0.301. The minimum Gasteiger partial charge on any atom is -0.322 e. The Kier molecular flexibility index (Phi) is 3.56. The summed E-state index contributed by atoms with van der Waals surface area (Å²) in [6.07, 6.45) is 1.70. The Hall–Kier alpha value is -3.09. The Bertz CT molecular complexity index is 895. The van der Waals surface area contributed by atoms with E-state index in [2.05, 4.69) is 10.3 Å². The molecular formula is C18H14FN3O3. The van der Waals surface area contributed by atoms with E-state index in [-0.39, 0.29) is 18.2 Å². The van der Waals surface area contributed by atoms with Crippen LogP contribution in [0.2, 0.25) is 0 Å². The highest BCUT2D eigenvalue weighted by atomic mass is 19.1. The Balaban J connectivity index is 1.62. The molecule has 126 valence electrons. The summed E-state index contributed by atoms with van der Waals surface area (Å²) < 4.78 is 13.0. The van der Waals surface area contributed by atoms with E-state index in [9.17, 15) is 18.8 Å². The van der Waals surface area contributed by atoms with Crippen LogP contribution in [-0.2, 0) is 16.1 Å². The number of benzene rings is 1. The van der Waals surface area contributed by atoms with E-state index in [4.69, 9.17) is 0 Å². The molecule has 0 saturated carbocycles. The molecule has 3 amide bonds. The van der Waals surface area contributed by atoms with Gasteiger partial charge in [0.2, 0.25) is 11.8 Å². The van der Waals surface area contributed by atoms with Crippen molar-refractivity contribution in [2.24, 2.45) is 0 Å². The highest BCUT2D eigenvalue weighted by molar-refractivity contribution is 6.05. The summed E-state index contributed by atoms with van der Waals surface area (Å²) in [5.74, 6) is -1.37. The fourth-order valence-electron chi connectivity index (χ4n) is 3.28. The van der Waals surface area contributed by atoms with Crippen LogP contribution in [0.4, 0.5) is 4.39 Å². The van der Waals surface area contributed by atoms with Crippen molar-refractivity contribution < 1.29 is 18.8 Å². The molecule has 2 aliphatic heterocycles. The first-order valence-corrected chi connectivity index (χ1v) is 7.92. The number of hydrogen-bond acceptors (Lipinski definition) is 4. The number of imide groups is 1. The molecule has 1 saturated heterocycles. The second-order valence-corrected chi connectivity index (χ2v) is 6.13. The number of pyridine rings is 1. The number of carbonyl (C=O) groups excluding carboxylic acids is 3. The van der Waals surface area contributed by atoms with Gasteiger partial charge in [-0.05, 0) is 36.2 Å². The third-order valence-electron chi connectivity index (χ3n) is 4.55. The van der Waals surface area contributed by atoms with Crippen LogP contribution in [0.5, 0.6) is 0 Å². The van der Waals surface area contributed by atoms with Crippen LogP contribution in [0.25, 0.3) is 11.3 Å². The van der Waals surface area contributed by atoms with Crippen molar-refractivity contribution in [3.63, 3.8) is 0 Å². The van der Waals surface area contributed by atoms with Gasteiger partial charge in [-0.25, -0.2) is 4.39 Å². The van der Waals surface area contributed by atoms with Gasteiger partial charge in [-0.3, -0.25) is 24.7 Å². The molecule has 1 atom stereocenters. The molecule has 0 radical (unpaired) electrons. The molecule has 1 aromatic carbocycles. The average Bonchev–Trinajstić information content (AvgIpc) is 2.92. The van der Waals surface area contributed by atoms with Gasteiger partial charge in [-0.1, -0.05) is 6.07 Å². The highest BCUT2D eigenvalue weighted by Crippen LogP contribution is 2.30. The third kappa shape index (κ3) is 2.67. The molecule has 0 spiro atoms. The lowest BCUT2D eigenvalue weighted by Gasteiger charge is -2.29. The monoisotopic (exact) mass is 339 g/mol. The fraction of sp³-hybridized carbons (Fsp3) is 0.222. The second-order valence-electron chi connectivity index (χ2n) is 6.13. The lowest BCUT2D eigenvalue weighted by atomic mass is 10.0. The average molecular weight is 339 g/mol. The van der Waals surface area contributed by atoms with Crippen LogP contribution in [0, 0.1) is 5.82 Å². The van der Waals surface area contributed by atoms with E-state index in [0.717, 1.165) is 17.3 Å². The number of carbonyl (C=O) groups is 3. The molecule has 2 aromatic rings. The van der Waals surface area contributed by atoms with Crippen LogP contribution in [0.15, 0.2) is 36.5 Å². The van der Waals surface area contributed by atoms with Crippen LogP contribution >= 0.6 is 0 Å². The molecule has 1 fully saturated rings. The number of amides is 3. The zero-order valence-corrected chi connectivity index (χ0v) is 13.2. The molecule has 0 aliphatic carbocycles. The largest absolute Gasteiger partial charge is 0.322 e. The van der Waals surface area contributed by atoms with Crippen LogP contribution < -0.4 is 5.32 Å². The van der Waals surface area contributed by atoms with Gasteiger partial charge in [0.15, 0.2) is 0 Å². The van der Waals surface area contributed by atoms with E-state index >= 15 is 0 Å². The number of rotatable bonds is 2. The van der Waals surface area contributed by atoms with Crippen molar-refractivity contribution in [2.45, 2.75) is 25.4 Å². The predicted molar refractivity (Wildman–Crippen MR) is 85.7 cm³/mol. The minimum absolute atomic E-state index is 0.219. The van der Waals surface area contributed by atoms with Crippen molar-refractivity contribution >= 4 is 17.7 Å². The van der Waals surface area contributed by atoms with Gasteiger partial charge in [0.25, 0.3) is 5.91 Å². The van der Waals surface area contributed by atoms with Crippen molar-refractivity contribution in [3.8, 4) is 11.3 Å². The summed E-state index contributed by atoms with van der Waals surface area (Å²) in [5, 5.41) is 2.28. The van der Waals surface area contributed by atoms with E-state index in [0.29, 0.717) is 24.2 Å². The minimum atomic E-state index is -0.634. The molecule has 3 heterocycles. The molecule has 0 bridgehead atoms. The molecule has 1 aromatic heterocycles. The highest BCUT2D eigenvalue weighted by Gasteiger charge is 2.39. The standard InChI is InChI=1S/C18H14FN3O3/c19-12-2-4-14(20-8-12)10-1-3-13-11(7-10)9-22(18(13)25)15-5-6-16(23)21-17(15)24/h1-4,7-8,15H,5-6,9H2,(H,21,23,24). The number of hydrogen-bond donors (Lipinski definition) is 1. The molecule has 1 N–H and O–H groups in total. The molecule has 25 heavy (non-hydrogen) atoms. The normalized spacial score (nSPS) is 19.8. The summed E-state index contributed by atoms with van der Waals surface area (Å²) in [6, 6.07) is 7.56. The number of piperidine rings is 1. The lowest BCUT2D eigenvalue weighted by molar-refractivity contribution is -0.136. The SMILES string of the molecule is O=C1CCC(N2Cc3cc(-c4ccc(F)cn4)ccc3C2=O)C(=O)N1. The van der Waals surface area contributed by atoms with E-state index in [1.165, 1.54) is 11.0 Å². The number of nitrogens with zero attached hydrogens (tertiary/aromatic N) is 2. The van der Waals surface area contributed by atoms with Gasteiger partial charge in [-0.15, -0.1) is 0 Å². The summed E-state index contributed by atoms with van der Waals surface area (Å²) in [5.41, 5.74) is 2.71. The quantitative estimate of drug-likeness (QED) is 0.844. The molecule has 4 rings (SSSR count). The van der Waals surface area contributed by atoms with Crippen molar-refractivity contribution in [3.05, 3.63) is 53.5 Å². The molecule has 1 unspecified atom stereocenters. The Morgan fingerprint density at radius 2 is 2.00 bits per heavy atom. The topological polar surface area (TPSA) is 79.4 Å². The molecule has 2 aliphatic rings. The van der Waals surface area contributed by atoms with Crippen molar-refractivity contribution in [1.82, 2.24) is 15.2 Å². The third-order valence-corrected chi connectivity index (χ3v) is 4.55. The van der Waals surface area contributed by atoms with Crippen LogP contribution in [0.1, 0.15) is 28.8 Å². The number of fused-ring (bicyclic) bond motifs is 1. The maximum Gasteiger partial charge on any atom is 0.255 e. The first kappa shape index (κ1) is 15.4. The van der Waals surface area contributed by atoms with E-state index in [1.54, 1.807) is 18.2 Å². The van der Waals surface area contributed by atoms with Gasteiger partial charge in [0.1, 0.15) is 11.9 Å². The van der Waals surface area contributed by atoms with Crippen molar-refractivity contribution in [1.29, 1.82) is 0 Å². The molecular weight excluding hydrogens is 325 g/mol. The first-order chi connectivity index (χ1) is 12.0. The Labute approximate surface area is 142 Å². The van der Waals surface area contributed by atoms with E-state index in [1.807, 2.05) is 6.07 Å². The fourth-order valence-corrected chi connectivity index (χ4v) is 3.28. The Morgan fingerprint density at radius 1 is 1.16 bits per heavy atom. The maximum absolute atomic E-state index is 13.0. The van der Waals surface area contributed by atoms with Gasteiger partial charge < -0.3 is 4.90 Å². The zero-order valence-electron chi connectivity index (χ0n) is 13.2. The first-order valence-electron chi connectivity index (χ1n) is 7.92. The van der Waals surface area contributed by atoms with E-state index < -0.39 is 17.8 Å². The number of halogens is 1. The number of nitrogens with one attached hydrogen (secondary N) is 1. The maximum atomic E-state index is 13.0. The second kappa shape index (κ2) is 5.77. The summed E-state index contributed by atoms with van der Waals surface area (Å²) >= 11 is 0. The van der Waals surface area contributed by atoms with Gasteiger partial charge in [0.05, 0.1) is 11.9 Å².